The number of aromatic nitrogens is 1. The maximum atomic E-state index is 11.5. The molecule has 1 N–H and O–H groups in total. The molecule has 0 saturated heterocycles. The summed E-state index contributed by atoms with van der Waals surface area (Å²) in [7, 11) is -1.64. The van der Waals surface area contributed by atoms with E-state index in [4.69, 9.17) is 16.3 Å². The molecule has 26 heavy (non-hydrogen) atoms. The minimum absolute atomic E-state index is 0.00506. The van der Waals surface area contributed by atoms with Crippen LogP contribution in [0, 0.1) is 6.92 Å². The van der Waals surface area contributed by atoms with E-state index in [0.717, 1.165) is 27.6 Å². The molecule has 0 aliphatic carbocycles. The molecule has 0 amide bonds. The second-order valence-electron chi connectivity index (χ2n) is 6.25. The van der Waals surface area contributed by atoms with Crippen molar-refractivity contribution in [1.29, 1.82) is 0 Å². The second-order valence-corrected chi connectivity index (χ2v) is 8.80. The molecule has 0 unspecified atom stereocenters. The van der Waals surface area contributed by atoms with Gasteiger partial charge in [-0.05, 0) is 48.4 Å². The van der Waals surface area contributed by atoms with Crippen LogP contribution in [-0.4, -0.2) is 31.9 Å². The third-order valence-corrected chi connectivity index (χ3v) is 5.20. The lowest BCUT2D eigenvalue weighted by Gasteiger charge is -2.11. The predicted octanol–water partition coefficient (Wildman–Crippen LogP) is 4.12. The number of aromatic hydroxyl groups is 1. The number of hydrogen-bond acceptors (Lipinski definition) is 5. The van der Waals surface area contributed by atoms with Crippen molar-refractivity contribution in [2.24, 2.45) is 0 Å². The summed E-state index contributed by atoms with van der Waals surface area (Å²) < 4.78 is 28.2. The molecule has 1 aromatic heterocycles. The second kappa shape index (κ2) is 6.78. The largest absolute Gasteiger partial charge is 0.503 e. The minimum atomic E-state index is -3.10. The van der Waals surface area contributed by atoms with E-state index in [1.165, 1.54) is 13.4 Å². The van der Waals surface area contributed by atoms with E-state index in [-0.39, 0.29) is 22.3 Å². The van der Waals surface area contributed by atoms with Gasteiger partial charge in [0.1, 0.15) is 0 Å². The van der Waals surface area contributed by atoms with Crippen LogP contribution in [-0.2, 0) is 15.6 Å². The van der Waals surface area contributed by atoms with E-state index < -0.39 is 9.84 Å². The first-order chi connectivity index (χ1) is 12.2. The Morgan fingerprint density at radius 2 is 1.92 bits per heavy atom. The summed E-state index contributed by atoms with van der Waals surface area (Å²) in [4.78, 5) is 4.64. The van der Waals surface area contributed by atoms with Crippen LogP contribution in [0.1, 0.15) is 11.1 Å². The Hall–Kier alpha value is -2.31. The maximum absolute atomic E-state index is 11.5. The fourth-order valence-corrected chi connectivity index (χ4v) is 3.85. The van der Waals surface area contributed by atoms with Crippen LogP contribution in [0.15, 0.2) is 36.4 Å². The van der Waals surface area contributed by atoms with E-state index in [1.807, 2.05) is 25.1 Å². The highest BCUT2D eigenvalue weighted by Gasteiger charge is 2.13. The van der Waals surface area contributed by atoms with Crippen LogP contribution >= 0.6 is 11.6 Å². The van der Waals surface area contributed by atoms with Crippen molar-refractivity contribution in [3.63, 3.8) is 0 Å². The Bertz CT molecular complexity index is 1110. The van der Waals surface area contributed by atoms with Gasteiger partial charge in [-0.2, -0.15) is 0 Å². The molecule has 0 fully saturated rings. The molecule has 0 aliphatic rings. The highest BCUT2D eigenvalue weighted by Crippen LogP contribution is 2.38. The molecule has 7 heteroatoms. The summed E-state index contributed by atoms with van der Waals surface area (Å²) in [6.07, 6.45) is 1.22. The zero-order valence-corrected chi connectivity index (χ0v) is 16.1. The van der Waals surface area contributed by atoms with Crippen LogP contribution in [0.25, 0.3) is 22.2 Å². The van der Waals surface area contributed by atoms with Gasteiger partial charge in [0.05, 0.1) is 29.1 Å². The van der Waals surface area contributed by atoms with Gasteiger partial charge in [-0.1, -0.05) is 17.7 Å². The van der Waals surface area contributed by atoms with Crippen LogP contribution in [0.3, 0.4) is 0 Å². The van der Waals surface area contributed by atoms with E-state index in [9.17, 15) is 13.5 Å². The molecule has 5 nitrogen and oxygen atoms in total. The molecular formula is C19H18ClNO4S. The Morgan fingerprint density at radius 3 is 2.58 bits per heavy atom. The van der Waals surface area contributed by atoms with Crippen LogP contribution in [0.4, 0.5) is 0 Å². The Kier molecular flexibility index (Phi) is 4.82. The zero-order chi connectivity index (χ0) is 19.1. The smallest absolute Gasteiger partial charge is 0.176 e. The van der Waals surface area contributed by atoms with Crippen molar-refractivity contribution in [2.45, 2.75) is 12.7 Å². The number of pyridine rings is 1. The first kappa shape index (κ1) is 18.5. The van der Waals surface area contributed by atoms with Gasteiger partial charge in [0.15, 0.2) is 21.3 Å². The van der Waals surface area contributed by atoms with E-state index in [2.05, 4.69) is 4.98 Å². The average Bonchev–Trinajstić information content (AvgIpc) is 2.56. The van der Waals surface area contributed by atoms with E-state index >= 15 is 0 Å². The number of phenols is 1. The lowest BCUT2D eigenvalue weighted by Crippen LogP contribution is -2.01. The third-order valence-electron chi connectivity index (χ3n) is 4.05. The van der Waals surface area contributed by atoms with Crippen molar-refractivity contribution < 1.29 is 18.3 Å². The molecule has 0 spiro atoms. The molecule has 0 aliphatic heterocycles. The summed E-state index contributed by atoms with van der Waals surface area (Å²) in [6.45, 7) is 1.94. The van der Waals surface area contributed by atoms with Gasteiger partial charge >= 0.3 is 0 Å². The standard InChI is InChI=1S/C19H18ClNO4S/c1-11-6-17(13-8-15(20)19(22)18(9-13)25-2)21-16-5-4-12(7-14(11)16)10-26(3,23)24/h4-9,22H,10H2,1-3H3. The fraction of sp³-hybridized carbons (Fsp3) is 0.211. The van der Waals surface area contributed by atoms with Gasteiger partial charge < -0.3 is 9.84 Å². The number of fused-ring (bicyclic) bond motifs is 1. The average molecular weight is 392 g/mol. The normalized spacial score (nSPS) is 11.7. The number of ether oxygens (including phenoxy) is 1. The molecule has 3 aromatic rings. The summed E-state index contributed by atoms with van der Waals surface area (Å²) in [5.74, 6) is 0.158. The van der Waals surface area contributed by atoms with E-state index in [0.29, 0.717) is 5.69 Å². The monoisotopic (exact) mass is 391 g/mol. The molecule has 0 radical (unpaired) electrons. The number of sulfone groups is 1. The third kappa shape index (κ3) is 3.76. The quantitative estimate of drug-likeness (QED) is 0.723. The molecular weight excluding hydrogens is 374 g/mol. The number of rotatable bonds is 4. The van der Waals surface area contributed by atoms with Crippen molar-refractivity contribution in [3.8, 4) is 22.8 Å². The number of methoxy groups -OCH3 is 1. The Balaban J connectivity index is 2.13. The maximum Gasteiger partial charge on any atom is 0.176 e. The molecule has 0 bridgehead atoms. The number of phenolic OH excluding ortho intramolecular Hbond substituents is 1. The Morgan fingerprint density at radius 1 is 1.19 bits per heavy atom. The number of nitrogens with zero attached hydrogens (tertiary/aromatic N) is 1. The van der Waals surface area contributed by atoms with Crippen molar-refractivity contribution in [3.05, 3.63) is 52.5 Å². The molecule has 2 aromatic carbocycles. The summed E-state index contributed by atoms with van der Waals surface area (Å²) >= 11 is 6.07. The number of hydrogen-bond donors (Lipinski definition) is 1. The van der Waals surface area contributed by atoms with Crippen molar-refractivity contribution in [2.75, 3.05) is 13.4 Å². The molecule has 1 heterocycles. The van der Waals surface area contributed by atoms with Gasteiger partial charge in [-0.15, -0.1) is 0 Å². The lowest BCUT2D eigenvalue weighted by molar-refractivity contribution is 0.374. The minimum Gasteiger partial charge on any atom is -0.503 e. The number of halogens is 1. The highest BCUT2D eigenvalue weighted by atomic mass is 35.5. The zero-order valence-electron chi connectivity index (χ0n) is 14.6. The number of aryl methyl sites for hydroxylation is 1. The first-order valence-corrected chi connectivity index (χ1v) is 10.3. The topological polar surface area (TPSA) is 76.5 Å². The van der Waals surface area contributed by atoms with Gasteiger partial charge in [-0.3, -0.25) is 0 Å². The van der Waals surface area contributed by atoms with Crippen LogP contribution in [0.2, 0.25) is 5.02 Å². The summed E-state index contributed by atoms with van der Waals surface area (Å²) in [5, 5.41) is 11.0. The highest BCUT2D eigenvalue weighted by molar-refractivity contribution is 7.89. The summed E-state index contributed by atoms with van der Waals surface area (Å²) in [5.41, 5.74) is 3.84. The molecule has 3 rings (SSSR count). The lowest BCUT2D eigenvalue weighted by atomic mass is 10.0. The first-order valence-electron chi connectivity index (χ1n) is 7.83. The molecule has 0 atom stereocenters. The van der Waals surface area contributed by atoms with Gasteiger partial charge in [-0.25, -0.2) is 13.4 Å². The van der Waals surface area contributed by atoms with Crippen LogP contribution < -0.4 is 4.74 Å². The summed E-state index contributed by atoms with van der Waals surface area (Å²) in [6, 6.07) is 10.6. The molecule has 0 saturated carbocycles. The van der Waals surface area contributed by atoms with E-state index in [1.54, 1.807) is 18.2 Å². The molecule has 136 valence electrons. The van der Waals surface area contributed by atoms with Gasteiger partial charge in [0.2, 0.25) is 0 Å². The van der Waals surface area contributed by atoms with Gasteiger partial charge in [0.25, 0.3) is 0 Å². The predicted molar refractivity (Wildman–Crippen MR) is 104 cm³/mol. The van der Waals surface area contributed by atoms with Crippen molar-refractivity contribution in [1.82, 2.24) is 4.98 Å². The van der Waals surface area contributed by atoms with Gasteiger partial charge in [0, 0.05) is 17.2 Å². The van der Waals surface area contributed by atoms with Crippen molar-refractivity contribution >= 4 is 32.3 Å². The Labute approximate surface area is 157 Å². The number of benzene rings is 2. The fourth-order valence-electron chi connectivity index (χ4n) is 2.86. The SMILES string of the molecule is COc1cc(-c2cc(C)c3cc(CS(C)(=O)=O)ccc3n2)cc(Cl)c1O. The van der Waals surface area contributed by atoms with Crippen LogP contribution in [0.5, 0.6) is 11.5 Å².